The van der Waals surface area contributed by atoms with Gasteiger partial charge >= 0.3 is 5.97 Å². The zero-order valence-electron chi connectivity index (χ0n) is 21.0. The SMILES string of the molecule is CN(C)C[C@@H](CC(=O)OCc1ccccc1)NC(=O)CCCCCCCCOc1ccc(F)cc1. The maximum Gasteiger partial charge on any atom is 0.308 e. The molecule has 1 amide bonds. The van der Waals surface area contributed by atoms with E-state index in [4.69, 9.17) is 9.47 Å². The molecule has 0 aromatic heterocycles. The predicted octanol–water partition coefficient (Wildman–Crippen LogP) is 5.12. The minimum Gasteiger partial charge on any atom is -0.494 e. The standard InChI is InChI=1S/C28H39FN2O4/c1-31(2)21-25(20-28(33)35-22-23-12-8-7-9-13-23)30-27(32)14-10-5-3-4-6-11-19-34-26-17-15-24(29)16-18-26/h7-9,12-13,15-18,25H,3-6,10-11,14,19-22H2,1-2H3,(H,30,32)/t25-/m1/s1. The molecule has 0 aliphatic rings. The fourth-order valence-electron chi connectivity index (χ4n) is 3.72. The highest BCUT2D eigenvalue weighted by atomic mass is 19.1. The molecule has 6 nitrogen and oxygen atoms in total. The van der Waals surface area contributed by atoms with E-state index in [-0.39, 0.29) is 36.8 Å². The Kier molecular flexibility index (Phi) is 13.5. The Bertz CT molecular complexity index is 859. The minimum absolute atomic E-state index is 0.0274. The van der Waals surface area contributed by atoms with Crippen molar-refractivity contribution in [3.8, 4) is 5.75 Å². The molecule has 1 N–H and O–H groups in total. The summed E-state index contributed by atoms with van der Waals surface area (Å²) < 4.78 is 23.8. The molecule has 1 atom stereocenters. The molecule has 0 spiro atoms. The van der Waals surface area contributed by atoms with Gasteiger partial charge in [0.15, 0.2) is 0 Å². The summed E-state index contributed by atoms with van der Waals surface area (Å²) in [5.41, 5.74) is 0.939. The zero-order chi connectivity index (χ0) is 25.3. The number of rotatable bonds is 17. The predicted molar refractivity (Wildman–Crippen MR) is 136 cm³/mol. The molecule has 2 aromatic rings. The summed E-state index contributed by atoms with van der Waals surface area (Å²) in [4.78, 5) is 26.6. The summed E-state index contributed by atoms with van der Waals surface area (Å²) in [7, 11) is 3.83. The van der Waals surface area contributed by atoms with Crippen molar-refractivity contribution in [3.05, 3.63) is 66.0 Å². The van der Waals surface area contributed by atoms with Gasteiger partial charge in [0.1, 0.15) is 18.2 Å². The summed E-state index contributed by atoms with van der Waals surface area (Å²) in [6, 6.07) is 15.3. The van der Waals surface area contributed by atoms with Crippen molar-refractivity contribution in [3.63, 3.8) is 0 Å². The van der Waals surface area contributed by atoms with Crippen molar-refractivity contribution in [1.82, 2.24) is 10.2 Å². The number of benzene rings is 2. The molecule has 0 saturated carbocycles. The van der Waals surface area contributed by atoms with Crippen molar-refractivity contribution < 1.29 is 23.5 Å². The van der Waals surface area contributed by atoms with Gasteiger partial charge in [0, 0.05) is 13.0 Å². The van der Waals surface area contributed by atoms with Gasteiger partial charge in [-0.3, -0.25) is 9.59 Å². The number of likely N-dealkylation sites (N-methyl/N-ethyl adjacent to an activating group) is 1. The summed E-state index contributed by atoms with van der Waals surface area (Å²) in [6.07, 6.45) is 6.58. The van der Waals surface area contributed by atoms with E-state index in [1.165, 1.54) is 12.1 Å². The Hall–Kier alpha value is -2.93. The quantitative estimate of drug-likeness (QED) is 0.248. The molecular formula is C28H39FN2O4. The second-order valence-corrected chi connectivity index (χ2v) is 9.05. The number of carbonyl (C=O) groups excluding carboxylic acids is 2. The van der Waals surface area contributed by atoms with Crippen LogP contribution in [0.4, 0.5) is 4.39 Å². The number of nitrogens with zero attached hydrogens (tertiary/aromatic N) is 1. The third-order valence-corrected chi connectivity index (χ3v) is 5.49. The van der Waals surface area contributed by atoms with Crippen LogP contribution in [0.2, 0.25) is 0 Å². The Morgan fingerprint density at radius 3 is 2.26 bits per heavy atom. The summed E-state index contributed by atoms with van der Waals surface area (Å²) in [5.74, 6) is 0.0832. The number of carbonyl (C=O) groups is 2. The monoisotopic (exact) mass is 486 g/mol. The number of esters is 1. The number of amides is 1. The largest absolute Gasteiger partial charge is 0.494 e. The fraction of sp³-hybridized carbons (Fsp3) is 0.500. The van der Waals surface area contributed by atoms with Crippen molar-refractivity contribution in [2.24, 2.45) is 0 Å². The lowest BCUT2D eigenvalue weighted by Crippen LogP contribution is -2.43. The lowest BCUT2D eigenvalue weighted by atomic mass is 10.1. The molecule has 0 heterocycles. The first-order valence-electron chi connectivity index (χ1n) is 12.4. The first kappa shape index (κ1) is 28.3. The second kappa shape index (κ2) is 16.7. The molecule has 2 rings (SSSR count). The van der Waals surface area contributed by atoms with Crippen LogP contribution in [0.5, 0.6) is 5.75 Å². The lowest BCUT2D eigenvalue weighted by molar-refractivity contribution is -0.145. The van der Waals surface area contributed by atoms with Gasteiger partial charge in [0.05, 0.1) is 19.1 Å². The topological polar surface area (TPSA) is 67.9 Å². The summed E-state index contributed by atoms with van der Waals surface area (Å²) in [5, 5.41) is 2.99. The van der Waals surface area contributed by atoms with Crippen LogP contribution < -0.4 is 10.1 Å². The molecule has 0 unspecified atom stereocenters. The van der Waals surface area contributed by atoms with E-state index in [9.17, 15) is 14.0 Å². The van der Waals surface area contributed by atoms with Gasteiger partial charge in [-0.15, -0.1) is 0 Å². The van der Waals surface area contributed by atoms with Gasteiger partial charge in [-0.05, 0) is 56.8 Å². The first-order chi connectivity index (χ1) is 16.9. The van der Waals surface area contributed by atoms with Crippen molar-refractivity contribution in [2.75, 3.05) is 27.2 Å². The first-order valence-corrected chi connectivity index (χ1v) is 12.4. The smallest absolute Gasteiger partial charge is 0.308 e. The number of unbranched alkanes of at least 4 members (excludes halogenated alkanes) is 5. The number of nitrogens with one attached hydrogen (secondary N) is 1. The van der Waals surface area contributed by atoms with Gasteiger partial charge in [0.25, 0.3) is 0 Å². The van der Waals surface area contributed by atoms with E-state index in [1.54, 1.807) is 12.1 Å². The number of halogens is 1. The zero-order valence-corrected chi connectivity index (χ0v) is 21.0. The molecule has 0 fully saturated rings. The van der Waals surface area contributed by atoms with Crippen LogP contribution in [0.15, 0.2) is 54.6 Å². The second-order valence-electron chi connectivity index (χ2n) is 9.05. The third-order valence-electron chi connectivity index (χ3n) is 5.49. The van der Waals surface area contributed by atoms with E-state index < -0.39 is 0 Å². The molecular weight excluding hydrogens is 447 g/mol. The Balaban J connectivity index is 1.54. The lowest BCUT2D eigenvalue weighted by Gasteiger charge is -2.22. The van der Waals surface area contributed by atoms with E-state index in [2.05, 4.69) is 5.32 Å². The molecule has 192 valence electrons. The van der Waals surface area contributed by atoms with E-state index in [1.807, 2.05) is 49.3 Å². The molecule has 2 aromatic carbocycles. The van der Waals surface area contributed by atoms with Crippen LogP contribution in [0, 0.1) is 5.82 Å². The Morgan fingerprint density at radius 2 is 1.57 bits per heavy atom. The molecule has 0 bridgehead atoms. The summed E-state index contributed by atoms with van der Waals surface area (Å²) in [6.45, 7) is 1.43. The molecule has 0 radical (unpaired) electrons. The maximum atomic E-state index is 12.9. The van der Waals surface area contributed by atoms with Crippen LogP contribution in [0.1, 0.15) is 56.9 Å². The molecule has 7 heteroatoms. The molecule has 0 aliphatic carbocycles. The average Bonchev–Trinajstić information content (AvgIpc) is 2.83. The normalized spacial score (nSPS) is 11.8. The van der Waals surface area contributed by atoms with Crippen molar-refractivity contribution in [1.29, 1.82) is 0 Å². The van der Waals surface area contributed by atoms with Crippen molar-refractivity contribution >= 4 is 11.9 Å². The highest BCUT2D eigenvalue weighted by Crippen LogP contribution is 2.13. The van der Waals surface area contributed by atoms with E-state index >= 15 is 0 Å². The number of hydrogen-bond acceptors (Lipinski definition) is 5. The van der Waals surface area contributed by atoms with Gasteiger partial charge in [-0.25, -0.2) is 4.39 Å². The van der Waals surface area contributed by atoms with E-state index in [0.29, 0.717) is 25.3 Å². The highest BCUT2D eigenvalue weighted by molar-refractivity contribution is 5.77. The highest BCUT2D eigenvalue weighted by Gasteiger charge is 2.18. The Morgan fingerprint density at radius 1 is 0.914 bits per heavy atom. The average molecular weight is 487 g/mol. The van der Waals surface area contributed by atoms with Gasteiger partial charge in [-0.1, -0.05) is 56.0 Å². The van der Waals surface area contributed by atoms with Crippen LogP contribution in [0.3, 0.4) is 0 Å². The molecule has 0 saturated heterocycles. The number of ether oxygens (including phenoxy) is 2. The minimum atomic E-state index is -0.315. The van der Waals surface area contributed by atoms with Crippen LogP contribution >= 0.6 is 0 Å². The molecule has 0 aliphatic heterocycles. The van der Waals surface area contributed by atoms with Crippen LogP contribution in [-0.2, 0) is 20.9 Å². The van der Waals surface area contributed by atoms with Gasteiger partial charge in [-0.2, -0.15) is 0 Å². The van der Waals surface area contributed by atoms with E-state index in [0.717, 1.165) is 44.1 Å². The third kappa shape index (κ3) is 13.5. The van der Waals surface area contributed by atoms with Gasteiger partial charge < -0.3 is 19.7 Å². The summed E-state index contributed by atoms with van der Waals surface area (Å²) >= 11 is 0. The van der Waals surface area contributed by atoms with Gasteiger partial charge in [0.2, 0.25) is 5.91 Å². The molecule has 35 heavy (non-hydrogen) atoms. The van der Waals surface area contributed by atoms with Crippen LogP contribution in [0.25, 0.3) is 0 Å². The Labute approximate surface area is 208 Å². The van der Waals surface area contributed by atoms with Crippen molar-refractivity contribution in [2.45, 2.75) is 64.0 Å². The number of hydrogen-bond donors (Lipinski definition) is 1. The van der Waals surface area contributed by atoms with Crippen LogP contribution in [-0.4, -0.2) is 50.1 Å². The fourth-order valence-corrected chi connectivity index (χ4v) is 3.72. The maximum absolute atomic E-state index is 12.9.